The Morgan fingerprint density at radius 1 is 1.06 bits per heavy atom. The maximum Gasteiger partial charge on any atom is 0.223 e. The van der Waals surface area contributed by atoms with Gasteiger partial charge in [-0.2, -0.15) is 0 Å². The van der Waals surface area contributed by atoms with Gasteiger partial charge in [0.15, 0.2) is 16.5 Å². The van der Waals surface area contributed by atoms with Crippen LogP contribution < -0.4 is 10.0 Å². The Hall–Kier alpha value is -3.47. The molecule has 0 unspecified atom stereocenters. The summed E-state index contributed by atoms with van der Waals surface area (Å²) >= 11 is 3.10. The molecule has 0 aliphatic heterocycles. The number of aromatic hydroxyl groups is 1. The van der Waals surface area contributed by atoms with Crippen LogP contribution in [0, 0.1) is 5.82 Å². The molecule has 5 aromatic rings. The highest BCUT2D eigenvalue weighted by Gasteiger charge is 2.19. The van der Waals surface area contributed by atoms with E-state index in [-0.39, 0.29) is 0 Å². The molecule has 0 saturated carbocycles. The van der Waals surface area contributed by atoms with Crippen LogP contribution in [0.4, 0.5) is 10.3 Å². The summed E-state index contributed by atoms with van der Waals surface area (Å²) in [5.41, 5.74) is 2.67. The zero-order valence-electron chi connectivity index (χ0n) is 18.0. The molecule has 2 aromatic carbocycles. The molecule has 0 atom stereocenters. The Kier molecular flexibility index (Phi) is 6.70. The van der Waals surface area contributed by atoms with Crippen molar-refractivity contribution >= 4 is 34.2 Å². The van der Waals surface area contributed by atoms with Gasteiger partial charge in [-0.25, -0.2) is 19.3 Å². The predicted molar refractivity (Wildman–Crippen MR) is 135 cm³/mol. The van der Waals surface area contributed by atoms with Gasteiger partial charge in [0.05, 0.1) is 11.4 Å². The van der Waals surface area contributed by atoms with Crippen molar-refractivity contribution in [2.45, 2.75) is 11.3 Å². The maximum atomic E-state index is 13.6. The lowest BCUT2D eigenvalue weighted by molar-refractivity contribution is 0.432. The number of halogens is 1. The van der Waals surface area contributed by atoms with E-state index in [4.69, 9.17) is 9.97 Å². The number of nitrogens with one attached hydrogen (secondary N) is 2. The third kappa shape index (κ3) is 4.89. The number of fused-ring (bicyclic) bond motifs is 1. The van der Waals surface area contributed by atoms with E-state index in [0.717, 1.165) is 23.6 Å². The molecule has 3 heterocycles. The lowest BCUT2D eigenvalue weighted by Gasteiger charge is -2.09. The van der Waals surface area contributed by atoms with E-state index in [1.54, 1.807) is 24.2 Å². The minimum absolute atomic E-state index is 0.413. The molecular weight excluding hydrogens is 471 g/mol. The van der Waals surface area contributed by atoms with Crippen molar-refractivity contribution in [3.05, 3.63) is 78.2 Å². The summed E-state index contributed by atoms with van der Waals surface area (Å²) in [6.07, 6.45) is 4.52. The Balaban J connectivity index is 1.30. The molecule has 0 fully saturated rings. The number of hydrogen-bond donors (Lipinski definition) is 3. The normalized spacial score (nSPS) is 11.2. The van der Waals surface area contributed by atoms with Crippen LogP contribution in [-0.2, 0) is 0 Å². The second-order valence-corrected chi connectivity index (χ2v) is 9.22. The molecule has 0 aliphatic carbocycles. The van der Waals surface area contributed by atoms with Crippen molar-refractivity contribution in [2.75, 3.05) is 18.4 Å². The molecule has 7 nitrogen and oxygen atoms in total. The topological polar surface area (TPSA) is 87.4 Å². The van der Waals surface area contributed by atoms with E-state index in [1.165, 1.54) is 28.4 Å². The second-order valence-electron chi connectivity index (χ2n) is 7.39. The van der Waals surface area contributed by atoms with Crippen molar-refractivity contribution < 1.29 is 9.50 Å². The molecule has 0 spiro atoms. The monoisotopic (exact) mass is 492 g/mol. The molecule has 3 N–H and O–H groups in total. The number of anilines is 1. The first-order valence-corrected chi connectivity index (χ1v) is 12.3. The number of nitrogens with zero attached hydrogens (tertiary/aromatic N) is 4. The number of imidazole rings is 1. The molecule has 0 saturated heterocycles. The van der Waals surface area contributed by atoms with Crippen molar-refractivity contribution in [1.82, 2.24) is 24.1 Å². The molecule has 10 heteroatoms. The molecule has 0 amide bonds. The number of benzene rings is 2. The van der Waals surface area contributed by atoms with Crippen molar-refractivity contribution in [3.63, 3.8) is 0 Å². The number of thiazole rings is 1. The first kappa shape index (κ1) is 22.3. The van der Waals surface area contributed by atoms with Crippen LogP contribution >= 0.6 is 23.3 Å². The third-order valence-corrected chi connectivity index (χ3v) is 6.66. The molecular formula is C24H21FN6OS2. The lowest BCUT2D eigenvalue weighted by atomic mass is 10.1. The highest BCUT2D eigenvalue weighted by molar-refractivity contribution is 7.97. The predicted octanol–water partition coefficient (Wildman–Crippen LogP) is 5.46. The summed E-state index contributed by atoms with van der Waals surface area (Å²) in [7, 11) is 0. The SMILES string of the molecule is Oc1cc(-c2nc3sccn3c2-c2ccnc(NCCCNSc3ccccc3)n2)ccc1F. The summed E-state index contributed by atoms with van der Waals surface area (Å²) < 4.78 is 18.9. The van der Waals surface area contributed by atoms with Gasteiger partial charge in [-0.15, -0.1) is 11.3 Å². The smallest absolute Gasteiger partial charge is 0.223 e. The average Bonchev–Trinajstić information content (AvgIpc) is 3.45. The molecule has 0 radical (unpaired) electrons. The van der Waals surface area contributed by atoms with Gasteiger partial charge in [-0.3, -0.25) is 9.12 Å². The van der Waals surface area contributed by atoms with Gasteiger partial charge < -0.3 is 10.4 Å². The summed E-state index contributed by atoms with van der Waals surface area (Å²) in [5.74, 6) is -0.563. The quantitative estimate of drug-likeness (QED) is 0.186. The fourth-order valence-corrected chi connectivity index (χ4v) is 4.87. The number of phenols is 1. The van der Waals surface area contributed by atoms with Crippen LogP contribution in [0.15, 0.2) is 77.3 Å². The zero-order chi connectivity index (χ0) is 23.3. The van der Waals surface area contributed by atoms with Crippen LogP contribution in [-0.4, -0.2) is 37.5 Å². The third-order valence-electron chi connectivity index (χ3n) is 5.05. The number of aromatic nitrogens is 4. The van der Waals surface area contributed by atoms with Crippen molar-refractivity contribution in [1.29, 1.82) is 0 Å². The van der Waals surface area contributed by atoms with Crippen molar-refractivity contribution in [2.24, 2.45) is 0 Å². The Labute approximate surface area is 203 Å². The second kappa shape index (κ2) is 10.2. The fraction of sp³-hybridized carbons (Fsp3) is 0.125. The Morgan fingerprint density at radius 3 is 2.79 bits per heavy atom. The van der Waals surface area contributed by atoms with E-state index >= 15 is 0 Å². The van der Waals surface area contributed by atoms with Gasteiger partial charge in [0.2, 0.25) is 5.95 Å². The van der Waals surface area contributed by atoms with Gasteiger partial charge in [0.25, 0.3) is 0 Å². The molecule has 172 valence electrons. The van der Waals surface area contributed by atoms with E-state index < -0.39 is 11.6 Å². The van der Waals surface area contributed by atoms with Crippen molar-refractivity contribution in [3.8, 4) is 28.4 Å². The highest BCUT2D eigenvalue weighted by Crippen LogP contribution is 2.35. The fourth-order valence-electron chi connectivity index (χ4n) is 3.45. The number of hydrogen-bond acceptors (Lipinski definition) is 8. The molecule has 5 rings (SSSR count). The van der Waals surface area contributed by atoms with E-state index in [0.29, 0.717) is 29.4 Å². The summed E-state index contributed by atoms with van der Waals surface area (Å²) in [6.45, 7) is 1.55. The van der Waals surface area contributed by atoms with Crippen LogP contribution in [0.1, 0.15) is 6.42 Å². The zero-order valence-corrected chi connectivity index (χ0v) is 19.6. The highest BCUT2D eigenvalue weighted by atomic mass is 32.2. The van der Waals surface area contributed by atoms with Crippen LogP contribution in [0.2, 0.25) is 0 Å². The first-order chi connectivity index (χ1) is 16.7. The summed E-state index contributed by atoms with van der Waals surface area (Å²) in [5, 5.41) is 15.1. The van der Waals surface area contributed by atoms with Gasteiger partial charge in [0.1, 0.15) is 5.69 Å². The number of phenolic OH excluding ortho intramolecular Hbond substituents is 1. The first-order valence-electron chi connectivity index (χ1n) is 10.7. The lowest BCUT2D eigenvalue weighted by Crippen LogP contribution is -2.12. The molecule has 0 aliphatic rings. The maximum absolute atomic E-state index is 13.6. The van der Waals surface area contributed by atoms with E-state index in [9.17, 15) is 9.50 Å². The number of rotatable bonds is 9. The summed E-state index contributed by atoms with van der Waals surface area (Å²) in [4.78, 5) is 15.7. The van der Waals surface area contributed by atoms with E-state index in [1.807, 2.05) is 40.2 Å². The Morgan fingerprint density at radius 2 is 1.94 bits per heavy atom. The van der Waals surface area contributed by atoms with Crippen LogP contribution in [0.3, 0.4) is 0 Å². The van der Waals surface area contributed by atoms with Crippen LogP contribution in [0.25, 0.3) is 27.6 Å². The Bertz CT molecular complexity index is 1410. The average molecular weight is 493 g/mol. The van der Waals surface area contributed by atoms with Crippen LogP contribution in [0.5, 0.6) is 5.75 Å². The summed E-state index contributed by atoms with van der Waals surface area (Å²) in [6, 6.07) is 16.2. The minimum Gasteiger partial charge on any atom is -0.505 e. The molecule has 3 aromatic heterocycles. The largest absolute Gasteiger partial charge is 0.505 e. The van der Waals surface area contributed by atoms with Gasteiger partial charge in [-0.1, -0.05) is 18.2 Å². The van der Waals surface area contributed by atoms with E-state index in [2.05, 4.69) is 27.2 Å². The van der Waals surface area contributed by atoms with Gasteiger partial charge in [-0.05, 0) is 54.8 Å². The molecule has 34 heavy (non-hydrogen) atoms. The molecule has 0 bridgehead atoms. The van der Waals surface area contributed by atoms with Gasteiger partial charge in [0, 0.05) is 41.3 Å². The van der Waals surface area contributed by atoms with Gasteiger partial charge >= 0.3 is 0 Å². The minimum atomic E-state index is -0.670. The standard InChI is InChI=1S/C24H21FN6OS2/c25-18-8-7-16(15-20(18)32)21-22(31-13-14-33-24(31)30-21)19-9-12-27-23(29-19)26-10-4-11-28-34-17-5-2-1-3-6-17/h1-3,5-9,12-15,28,32H,4,10-11H2,(H,26,27,29).